The molecule has 6 nitrogen and oxygen atoms in total. The lowest BCUT2D eigenvalue weighted by molar-refractivity contribution is 0.621. The lowest BCUT2D eigenvalue weighted by atomic mass is 10.1. The number of aryl methyl sites for hydroxylation is 3. The molecule has 0 saturated carbocycles. The summed E-state index contributed by atoms with van der Waals surface area (Å²) < 4.78 is 15.7. The zero-order valence-electron chi connectivity index (χ0n) is 22.3. The SMILES string of the molecule is Cc1ccc([O][AlH])c2ncccc12.Cc1ccnc2c([O][AlH])cccc12.Cc1cnc2c([O][AlH])cccc2c1. The molecule has 3 aromatic carbocycles. The highest BCUT2D eigenvalue weighted by Crippen LogP contribution is 2.26. The monoisotopic (exact) mass is 558 g/mol. The van der Waals surface area contributed by atoms with Crippen molar-refractivity contribution in [3.05, 3.63) is 108 Å². The molecule has 6 rings (SSSR count). The second-order valence-electron chi connectivity index (χ2n) is 8.83. The topological polar surface area (TPSA) is 66.4 Å². The Labute approximate surface area is 253 Å². The summed E-state index contributed by atoms with van der Waals surface area (Å²) in [5.74, 6) is 2.54. The van der Waals surface area contributed by atoms with E-state index in [-0.39, 0.29) is 0 Å². The standard InChI is InChI=1S/3C10H9NO.3Al.3H/c1-7-4-5-9(12)10-8(7)3-2-6-11-10;1-7-5-8-3-2-4-9(12)10(8)11-6-7;1-7-5-6-11-10-8(7)3-2-4-9(10)12;;;;;;/h3*2-6,12H,1H3;;;;;;/q;;;3*+1;;;/p-3. The fourth-order valence-corrected chi connectivity index (χ4v) is 4.87. The maximum atomic E-state index is 5.25. The van der Waals surface area contributed by atoms with Crippen LogP contribution < -0.4 is 11.4 Å². The second kappa shape index (κ2) is 13.8. The first-order valence-electron chi connectivity index (χ1n) is 12.3. The molecule has 3 heterocycles. The lowest BCUT2D eigenvalue weighted by Crippen LogP contribution is -1.90. The molecule has 0 aliphatic heterocycles. The number of para-hydroxylation sites is 2. The quantitative estimate of drug-likeness (QED) is 0.278. The average molecular weight is 559 g/mol. The van der Waals surface area contributed by atoms with Gasteiger partial charge in [-0.2, -0.15) is 0 Å². The van der Waals surface area contributed by atoms with Crippen molar-refractivity contribution < 1.29 is 11.4 Å². The fourth-order valence-electron chi connectivity index (χ4n) is 4.17. The number of benzene rings is 3. The molecular formula is C30H27Al3N3O3. The van der Waals surface area contributed by atoms with Gasteiger partial charge in [-0.25, -0.2) is 0 Å². The molecule has 0 atom stereocenters. The summed E-state index contributed by atoms with van der Waals surface area (Å²) in [5.41, 5.74) is 6.45. The summed E-state index contributed by atoms with van der Waals surface area (Å²) in [6.07, 6.45) is 5.45. The first kappa shape index (κ1) is 28.9. The van der Waals surface area contributed by atoms with E-state index in [1.165, 1.54) is 66.6 Å². The van der Waals surface area contributed by atoms with E-state index >= 15 is 0 Å². The maximum Gasteiger partial charge on any atom is 0.494 e. The molecule has 0 bridgehead atoms. The van der Waals surface area contributed by atoms with Crippen molar-refractivity contribution in [3.63, 3.8) is 0 Å². The van der Waals surface area contributed by atoms with Crippen molar-refractivity contribution in [2.45, 2.75) is 20.8 Å². The number of hydrogen-bond acceptors (Lipinski definition) is 6. The minimum atomic E-state index is 0.843. The highest BCUT2D eigenvalue weighted by Gasteiger charge is 2.03. The Balaban J connectivity index is 0.000000136. The summed E-state index contributed by atoms with van der Waals surface area (Å²) in [4.78, 5) is 12.9. The highest BCUT2D eigenvalue weighted by atomic mass is 27.1. The van der Waals surface area contributed by atoms with Gasteiger partial charge >= 0.3 is 49.9 Å². The summed E-state index contributed by atoms with van der Waals surface area (Å²) >= 11 is 4.42. The van der Waals surface area contributed by atoms with Crippen LogP contribution in [0.15, 0.2) is 91.4 Å². The lowest BCUT2D eigenvalue weighted by Gasteiger charge is -2.07. The van der Waals surface area contributed by atoms with Crippen molar-refractivity contribution in [2.75, 3.05) is 0 Å². The third-order valence-electron chi connectivity index (χ3n) is 6.18. The van der Waals surface area contributed by atoms with Gasteiger partial charge in [-0.05, 0) is 73.9 Å². The molecule has 0 unspecified atom stereocenters. The molecular weight excluding hydrogens is 531 g/mol. The zero-order valence-corrected chi connectivity index (χ0v) is 26.6. The van der Waals surface area contributed by atoms with Crippen molar-refractivity contribution in [1.29, 1.82) is 0 Å². The van der Waals surface area contributed by atoms with Gasteiger partial charge in [0.2, 0.25) is 0 Å². The Morgan fingerprint density at radius 3 is 1.79 bits per heavy atom. The molecule has 9 heteroatoms. The van der Waals surface area contributed by atoms with Gasteiger partial charge in [0.1, 0.15) is 33.8 Å². The minimum absolute atomic E-state index is 0.843. The summed E-state index contributed by atoms with van der Waals surface area (Å²) in [6.45, 7) is 6.19. The average Bonchev–Trinajstić information content (AvgIpc) is 2.97. The molecule has 0 aliphatic carbocycles. The number of rotatable bonds is 3. The van der Waals surface area contributed by atoms with Gasteiger partial charge in [0.15, 0.2) is 0 Å². The molecule has 189 valence electrons. The molecule has 0 spiro atoms. The van der Waals surface area contributed by atoms with E-state index in [1.807, 2.05) is 73.9 Å². The Morgan fingerprint density at radius 2 is 1.10 bits per heavy atom. The van der Waals surface area contributed by atoms with E-state index in [1.54, 1.807) is 6.20 Å². The molecule has 0 aliphatic rings. The van der Waals surface area contributed by atoms with Crippen LogP contribution in [-0.4, -0.2) is 64.8 Å². The Bertz CT molecular complexity index is 1690. The highest BCUT2D eigenvalue weighted by molar-refractivity contribution is 6.03. The Hall–Kier alpha value is -3.11. The van der Waals surface area contributed by atoms with Crippen LogP contribution in [0.4, 0.5) is 0 Å². The summed E-state index contributed by atoms with van der Waals surface area (Å²) in [5, 5.41) is 3.45. The third-order valence-corrected chi connectivity index (χ3v) is 7.11. The molecule has 0 N–H and O–H groups in total. The third kappa shape index (κ3) is 6.91. The predicted octanol–water partition coefficient (Wildman–Crippen LogP) is 5.21. The number of pyridine rings is 3. The molecule has 39 heavy (non-hydrogen) atoms. The van der Waals surface area contributed by atoms with Crippen LogP contribution in [0.5, 0.6) is 17.2 Å². The maximum absolute atomic E-state index is 5.25. The normalized spacial score (nSPS) is 10.2. The molecule has 3 radical (unpaired) electrons. The molecule has 0 amide bonds. The first-order valence-corrected chi connectivity index (χ1v) is 14.0. The van der Waals surface area contributed by atoms with E-state index in [0.717, 1.165) is 50.0 Å². The zero-order chi connectivity index (χ0) is 27.8. The minimum Gasteiger partial charge on any atom is -0.649 e. The van der Waals surface area contributed by atoms with Crippen LogP contribution in [0.2, 0.25) is 0 Å². The predicted molar refractivity (Wildman–Crippen MR) is 163 cm³/mol. The van der Waals surface area contributed by atoms with Gasteiger partial charge in [0, 0.05) is 34.7 Å². The number of aromatic nitrogens is 3. The van der Waals surface area contributed by atoms with Gasteiger partial charge in [-0.1, -0.05) is 36.4 Å². The van der Waals surface area contributed by atoms with E-state index in [4.69, 9.17) is 11.4 Å². The van der Waals surface area contributed by atoms with Crippen molar-refractivity contribution in [1.82, 2.24) is 15.0 Å². The van der Waals surface area contributed by atoms with Gasteiger partial charge in [0.25, 0.3) is 0 Å². The van der Waals surface area contributed by atoms with Gasteiger partial charge in [0.05, 0.1) is 0 Å². The fraction of sp³-hybridized carbons (Fsp3) is 0.100. The van der Waals surface area contributed by atoms with E-state index in [9.17, 15) is 0 Å². The number of nitrogens with zero attached hydrogens (tertiary/aromatic N) is 3. The van der Waals surface area contributed by atoms with E-state index in [2.05, 4.69) is 47.0 Å². The van der Waals surface area contributed by atoms with Crippen molar-refractivity contribution in [3.8, 4) is 17.2 Å². The first-order chi connectivity index (χ1) is 19.0. The molecule has 0 saturated heterocycles. The number of hydrogen-bond donors (Lipinski definition) is 0. The molecule has 0 fully saturated rings. The van der Waals surface area contributed by atoms with Crippen LogP contribution in [-0.2, 0) is 0 Å². The van der Waals surface area contributed by atoms with E-state index in [0.29, 0.717) is 0 Å². The van der Waals surface area contributed by atoms with Gasteiger partial charge in [-0.3, -0.25) is 15.0 Å². The van der Waals surface area contributed by atoms with Gasteiger partial charge < -0.3 is 11.4 Å². The molecule has 3 aromatic heterocycles. The second-order valence-corrected chi connectivity index (χ2v) is 9.70. The smallest absolute Gasteiger partial charge is 0.494 e. The van der Waals surface area contributed by atoms with Crippen molar-refractivity contribution in [2.24, 2.45) is 0 Å². The van der Waals surface area contributed by atoms with Gasteiger partial charge in [-0.15, -0.1) is 0 Å². The van der Waals surface area contributed by atoms with Crippen LogP contribution >= 0.6 is 0 Å². The Morgan fingerprint density at radius 1 is 0.538 bits per heavy atom. The summed E-state index contributed by atoms with van der Waals surface area (Å²) in [6, 6.07) is 24.0. The van der Waals surface area contributed by atoms with E-state index < -0.39 is 0 Å². The van der Waals surface area contributed by atoms with Crippen LogP contribution in [0.1, 0.15) is 16.7 Å². The van der Waals surface area contributed by atoms with Crippen LogP contribution in [0.25, 0.3) is 32.7 Å². The number of fused-ring (bicyclic) bond motifs is 3. The van der Waals surface area contributed by atoms with Crippen LogP contribution in [0, 0.1) is 20.8 Å². The summed E-state index contributed by atoms with van der Waals surface area (Å²) in [7, 11) is 0. The Kier molecular flexibility index (Phi) is 10.2. The van der Waals surface area contributed by atoms with Crippen LogP contribution in [0.3, 0.4) is 0 Å². The molecule has 6 aromatic rings. The largest absolute Gasteiger partial charge is 0.649 e. The van der Waals surface area contributed by atoms with Crippen molar-refractivity contribution >= 4 is 82.6 Å².